The summed E-state index contributed by atoms with van der Waals surface area (Å²) in [5.41, 5.74) is 1.28. The molecule has 1 aliphatic rings. The summed E-state index contributed by atoms with van der Waals surface area (Å²) in [7, 11) is 1.52. The molecule has 9 heteroatoms. The maximum Gasteiger partial charge on any atom is 0.417 e. The highest BCUT2D eigenvalue weighted by Gasteiger charge is 2.36. The number of ether oxygens (including phenoxy) is 1. The fourth-order valence-electron chi connectivity index (χ4n) is 3.92. The molecular formula is C21H21F3N4O2. The molecule has 2 aromatic heterocycles. The van der Waals surface area contributed by atoms with Crippen LogP contribution in [0.25, 0.3) is 11.0 Å². The smallest absolute Gasteiger partial charge is 0.417 e. The first-order valence-corrected chi connectivity index (χ1v) is 9.64. The Hall–Kier alpha value is -3.10. The van der Waals surface area contributed by atoms with E-state index >= 15 is 0 Å². The normalized spacial score (nSPS) is 15.2. The van der Waals surface area contributed by atoms with Crippen molar-refractivity contribution < 1.29 is 22.7 Å². The van der Waals surface area contributed by atoms with Crippen molar-refractivity contribution in [1.29, 1.82) is 0 Å². The number of anilines is 1. The lowest BCUT2D eigenvalue weighted by Crippen LogP contribution is -2.43. The van der Waals surface area contributed by atoms with Crippen LogP contribution >= 0.6 is 0 Å². The Bertz CT molecular complexity index is 1120. The minimum absolute atomic E-state index is 0.0558. The molecule has 1 aromatic carbocycles. The number of carbonyl (C=O) groups is 1. The summed E-state index contributed by atoms with van der Waals surface area (Å²) >= 11 is 0. The number of pyridine rings is 1. The van der Waals surface area contributed by atoms with Crippen molar-refractivity contribution in [2.75, 3.05) is 11.4 Å². The molecule has 0 bridgehead atoms. The first kappa shape index (κ1) is 20.2. The van der Waals surface area contributed by atoms with Gasteiger partial charge in [-0.1, -0.05) is 18.2 Å². The van der Waals surface area contributed by atoms with Gasteiger partial charge in [0.05, 0.1) is 16.6 Å². The maximum atomic E-state index is 13.6. The monoisotopic (exact) mass is 418 g/mol. The largest absolute Gasteiger partial charge is 0.464 e. The van der Waals surface area contributed by atoms with Crippen LogP contribution in [-0.2, 0) is 24.4 Å². The van der Waals surface area contributed by atoms with Gasteiger partial charge >= 0.3 is 6.18 Å². The van der Waals surface area contributed by atoms with Gasteiger partial charge < -0.3 is 9.64 Å². The molecule has 0 saturated carbocycles. The number of alkyl halides is 3. The molecule has 158 valence electrons. The second kappa shape index (κ2) is 7.30. The van der Waals surface area contributed by atoms with Gasteiger partial charge in [0.25, 0.3) is 5.91 Å². The zero-order valence-electron chi connectivity index (χ0n) is 16.8. The summed E-state index contributed by atoms with van der Waals surface area (Å²) in [6.07, 6.45) is -3.92. The van der Waals surface area contributed by atoms with E-state index < -0.39 is 17.8 Å². The Balaban J connectivity index is 1.66. The Kier molecular flexibility index (Phi) is 4.91. The number of rotatable bonds is 3. The average Bonchev–Trinajstić information content (AvgIpc) is 2.99. The predicted octanol–water partition coefficient (Wildman–Crippen LogP) is 4.04. The van der Waals surface area contributed by atoms with Crippen LogP contribution in [-0.4, -0.2) is 33.3 Å². The Labute approximate surface area is 171 Å². The topological polar surface area (TPSA) is 60.2 Å². The number of aryl methyl sites for hydroxylation is 3. The van der Waals surface area contributed by atoms with Crippen LogP contribution in [0, 0.1) is 6.92 Å². The fourth-order valence-corrected chi connectivity index (χ4v) is 3.92. The molecule has 0 fully saturated rings. The van der Waals surface area contributed by atoms with Gasteiger partial charge in [0, 0.05) is 25.3 Å². The summed E-state index contributed by atoms with van der Waals surface area (Å²) in [6, 6.07) is 8.44. The second-order valence-electron chi connectivity index (χ2n) is 7.40. The molecule has 30 heavy (non-hydrogen) atoms. The van der Waals surface area contributed by atoms with Gasteiger partial charge in [-0.3, -0.25) is 9.48 Å². The highest BCUT2D eigenvalue weighted by Crippen LogP contribution is 2.37. The lowest BCUT2D eigenvalue weighted by Gasteiger charge is -2.31. The molecule has 0 spiro atoms. The van der Waals surface area contributed by atoms with Crippen LogP contribution in [0.1, 0.15) is 30.2 Å². The number of para-hydroxylation sites is 1. The van der Waals surface area contributed by atoms with E-state index in [4.69, 9.17) is 4.74 Å². The molecule has 1 unspecified atom stereocenters. The van der Waals surface area contributed by atoms with Crippen LogP contribution in [0.5, 0.6) is 5.88 Å². The molecule has 1 aliphatic heterocycles. The Morgan fingerprint density at radius 1 is 1.27 bits per heavy atom. The highest BCUT2D eigenvalue weighted by molar-refractivity contribution is 5.97. The van der Waals surface area contributed by atoms with Crippen molar-refractivity contribution in [2.45, 2.75) is 39.0 Å². The van der Waals surface area contributed by atoms with Gasteiger partial charge in [-0.15, -0.1) is 0 Å². The molecule has 0 aliphatic carbocycles. The van der Waals surface area contributed by atoms with E-state index in [9.17, 15) is 18.0 Å². The molecule has 1 amide bonds. The number of amides is 1. The van der Waals surface area contributed by atoms with Crippen molar-refractivity contribution in [3.8, 4) is 5.88 Å². The first-order valence-electron chi connectivity index (χ1n) is 9.64. The van der Waals surface area contributed by atoms with Crippen molar-refractivity contribution in [2.24, 2.45) is 7.05 Å². The Morgan fingerprint density at radius 2 is 2.00 bits per heavy atom. The zero-order valence-corrected chi connectivity index (χ0v) is 16.8. The van der Waals surface area contributed by atoms with Gasteiger partial charge in [0.2, 0.25) is 5.88 Å². The van der Waals surface area contributed by atoms with Crippen LogP contribution in [0.2, 0.25) is 0 Å². The highest BCUT2D eigenvalue weighted by atomic mass is 19.4. The number of halogens is 3. The van der Waals surface area contributed by atoms with Crippen LogP contribution in [0.4, 0.5) is 18.9 Å². The number of fused-ring (bicyclic) bond motifs is 2. The number of hydrogen-bond acceptors (Lipinski definition) is 4. The first-order chi connectivity index (χ1) is 14.2. The molecule has 4 rings (SSSR count). The Morgan fingerprint density at radius 3 is 2.73 bits per heavy atom. The van der Waals surface area contributed by atoms with Crippen LogP contribution in [0.15, 0.2) is 30.3 Å². The maximum absolute atomic E-state index is 13.6. The molecule has 0 N–H and O–H groups in total. The third-order valence-corrected chi connectivity index (χ3v) is 5.27. The zero-order chi connectivity index (χ0) is 21.6. The van der Waals surface area contributed by atoms with E-state index in [-0.39, 0.29) is 28.5 Å². The number of carbonyl (C=O) groups excluding carboxylic acids is 1. The third kappa shape index (κ3) is 3.48. The summed E-state index contributed by atoms with van der Waals surface area (Å²) < 4.78 is 47.8. The van der Waals surface area contributed by atoms with Gasteiger partial charge in [-0.05, 0) is 38.3 Å². The number of aromatic nitrogens is 3. The molecular weight excluding hydrogens is 397 g/mol. The number of benzene rings is 1. The lowest BCUT2D eigenvalue weighted by molar-refractivity contribution is -0.136. The third-order valence-electron chi connectivity index (χ3n) is 5.27. The van der Waals surface area contributed by atoms with Gasteiger partial charge in [-0.25, -0.2) is 0 Å². The van der Waals surface area contributed by atoms with E-state index in [0.717, 1.165) is 30.2 Å². The quantitative estimate of drug-likeness (QED) is 0.644. The second-order valence-corrected chi connectivity index (χ2v) is 7.40. The standard InChI is InChI=1S/C21H21F3N4O2/c1-12-18-15(21(22,23)24)11-17(25-19(18)27(3)26-12)30-13(2)20(29)28-10-6-8-14-7-4-5-9-16(14)28/h4-5,7,9,11,13H,6,8,10H2,1-3H3. The van der Waals surface area contributed by atoms with E-state index in [2.05, 4.69) is 10.1 Å². The number of nitrogens with zero attached hydrogens (tertiary/aromatic N) is 4. The molecule has 6 nitrogen and oxygen atoms in total. The molecule has 1 atom stereocenters. The lowest BCUT2D eigenvalue weighted by atomic mass is 10.0. The van der Waals surface area contributed by atoms with E-state index in [1.165, 1.54) is 25.6 Å². The van der Waals surface area contributed by atoms with E-state index in [0.29, 0.717) is 6.54 Å². The van der Waals surface area contributed by atoms with Crippen molar-refractivity contribution in [3.05, 3.63) is 47.2 Å². The minimum Gasteiger partial charge on any atom is -0.464 e. The summed E-state index contributed by atoms with van der Waals surface area (Å²) in [6.45, 7) is 3.55. The molecule has 3 heterocycles. The SMILES string of the molecule is Cc1nn(C)c2nc(OC(C)C(=O)N3CCCc4ccccc43)cc(C(F)(F)F)c12. The van der Waals surface area contributed by atoms with Crippen LogP contribution in [0.3, 0.4) is 0 Å². The molecule has 0 saturated heterocycles. The van der Waals surface area contributed by atoms with Gasteiger partial charge in [0.1, 0.15) is 0 Å². The summed E-state index contributed by atoms with van der Waals surface area (Å²) in [5, 5.41) is 3.97. The van der Waals surface area contributed by atoms with Crippen LogP contribution < -0.4 is 9.64 Å². The van der Waals surface area contributed by atoms with E-state index in [1.807, 2.05) is 24.3 Å². The molecule has 0 radical (unpaired) electrons. The predicted molar refractivity (Wildman–Crippen MR) is 105 cm³/mol. The summed E-state index contributed by atoms with van der Waals surface area (Å²) in [5.74, 6) is -0.581. The van der Waals surface area contributed by atoms with Gasteiger partial charge in [-0.2, -0.15) is 23.3 Å². The van der Waals surface area contributed by atoms with Gasteiger partial charge in [0.15, 0.2) is 11.8 Å². The fraction of sp³-hybridized carbons (Fsp3) is 0.381. The number of hydrogen-bond donors (Lipinski definition) is 0. The summed E-state index contributed by atoms with van der Waals surface area (Å²) in [4.78, 5) is 18.8. The van der Waals surface area contributed by atoms with Crippen molar-refractivity contribution >= 4 is 22.6 Å². The average molecular weight is 418 g/mol. The van der Waals surface area contributed by atoms with E-state index in [1.54, 1.807) is 4.90 Å². The molecule has 3 aromatic rings. The van der Waals surface area contributed by atoms with Crippen molar-refractivity contribution in [1.82, 2.24) is 14.8 Å². The van der Waals surface area contributed by atoms with Crippen molar-refractivity contribution in [3.63, 3.8) is 0 Å². The minimum atomic E-state index is -4.61.